The van der Waals surface area contributed by atoms with Gasteiger partial charge in [0.15, 0.2) is 0 Å². The van der Waals surface area contributed by atoms with Crippen molar-refractivity contribution in [3.05, 3.63) is 0 Å². The minimum absolute atomic E-state index is 0.0411. The molecule has 0 aromatic heterocycles. The molecule has 0 radical (unpaired) electrons. The SMILES string of the molecule is CCCCCC[C@@H]1C[C@H](/C(C)=N\NC(N)=O)OC1=O. The first-order valence-corrected chi connectivity index (χ1v) is 6.84. The molecule has 1 saturated heterocycles. The molecule has 108 valence electrons. The van der Waals surface area contributed by atoms with Crippen LogP contribution in [-0.4, -0.2) is 23.8 Å². The average molecular weight is 269 g/mol. The predicted molar refractivity (Wildman–Crippen MR) is 72.6 cm³/mol. The van der Waals surface area contributed by atoms with Crippen molar-refractivity contribution in [2.75, 3.05) is 0 Å². The summed E-state index contributed by atoms with van der Waals surface area (Å²) in [6.07, 6.45) is 5.76. The number of urea groups is 1. The van der Waals surface area contributed by atoms with E-state index in [2.05, 4.69) is 17.5 Å². The first-order chi connectivity index (χ1) is 9.04. The lowest BCUT2D eigenvalue weighted by molar-refractivity contribution is -0.142. The molecule has 1 aliphatic rings. The normalized spacial score (nSPS) is 23.3. The van der Waals surface area contributed by atoms with Crippen molar-refractivity contribution in [1.82, 2.24) is 5.43 Å². The highest BCUT2D eigenvalue weighted by molar-refractivity contribution is 5.91. The molecule has 0 spiro atoms. The maximum Gasteiger partial charge on any atom is 0.332 e. The number of esters is 1. The molecule has 0 aliphatic carbocycles. The van der Waals surface area contributed by atoms with E-state index in [4.69, 9.17) is 10.5 Å². The summed E-state index contributed by atoms with van der Waals surface area (Å²) in [7, 11) is 0. The number of hydrogen-bond acceptors (Lipinski definition) is 4. The third kappa shape index (κ3) is 5.28. The third-order valence-corrected chi connectivity index (χ3v) is 3.30. The van der Waals surface area contributed by atoms with E-state index in [1.54, 1.807) is 6.92 Å². The molecule has 1 aliphatic heterocycles. The van der Waals surface area contributed by atoms with Gasteiger partial charge in [0.1, 0.15) is 6.10 Å². The van der Waals surface area contributed by atoms with Crippen LogP contribution in [0.15, 0.2) is 5.10 Å². The molecule has 0 unspecified atom stereocenters. The van der Waals surface area contributed by atoms with Gasteiger partial charge in [-0.15, -0.1) is 0 Å². The smallest absolute Gasteiger partial charge is 0.332 e. The van der Waals surface area contributed by atoms with Crippen molar-refractivity contribution < 1.29 is 14.3 Å². The van der Waals surface area contributed by atoms with Gasteiger partial charge < -0.3 is 10.5 Å². The Labute approximate surface area is 113 Å². The van der Waals surface area contributed by atoms with Crippen molar-refractivity contribution >= 4 is 17.7 Å². The highest BCUT2D eigenvalue weighted by atomic mass is 16.6. The molecule has 19 heavy (non-hydrogen) atoms. The zero-order valence-corrected chi connectivity index (χ0v) is 11.6. The minimum Gasteiger partial charge on any atom is -0.456 e. The standard InChI is InChI=1S/C13H23N3O3/c1-3-4-5-6-7-10-8-11(19-12(10)17)9(2)15-16-13(14)18/h10-11H,3-8H2,1-2H3,(H3,14,16,18)/b15-9-/t10-,11-/m1/s1. The van der Waals surface area contributed by atoms with Gasteiger partial charge in [0, 0.05) is 6.42 Å². The van der Waals surface area contributed by atoms with Crippen LogP contribution in [0.2, 0.25) is 0 Å². The van der Waals surface area contributed by atoms with Crippen molar-refractivity contribution in [1.29, 1.82) is 0 Å². The first kappa shape index (κ1) is 15.5. The summed E-state index contributed by atoms with van der Waals surface area (Å²) in [6.45, 7) is 3.87. The van der Waals surface area contributed by atoms with Crippen molar-refractivity contribution in [2.24, 2.45) is 16.8 Å². The predicted octanol–water partition coefficient (Wildman–Crippen LogP) is 1.93. The van der Waals surface area contributed by atoms with Gasteiger partial charge in [0.2, 0.25) is 0 Å². The summed E-state index contributed by atoms with van der Waals surface area (Å²) in [5.74, 6) is -0.198. The van der Waals surface area contributed by atoms with Gasteiger partial charge >= 0.3 is 12.0 Å². The molecule has 1 rings (SSSR count). The van der Waals surface area contributed by atoms with Gasteiger partial charge in [0.25, 0.3) is 0 Å². The monoisotopic (exact) mass is 269 g/mol. The maximum atomic E-state index is 11.7. The highest BCUT2D eigenvalue weighted by Gasteiger charge is 2.35. The third-order valence-electron chi connectivity index (χ3n) is 3.30. The molecule has 2 amide bonds. The Morgan fingerprint density at radius 2 is 2.21 bits per heavy atom. The fourth-order valence-electron chi connectivity index (χ4n) is 2.16. The number of hydrazone groups is 1. The second-order valence-electron chi connectivity index (χ2n) is 4.94. The van der Waals surface area contributed by atoms with E-state index >= 15 is 0 Å². The van der Waals surface area contributed by atoms with Gasteiger partial charge in [-0.1, -0.05) is 32.6 Å². The summed E-state index contributed by atoms with van der Waals surface area (Å²) in [5, 5.41) is 3.80. The topological polar surface area (TPSA) is 93.8 Å². The quantitative estimate of drug-likeness (QED) is 0.320. The largest absolute Gasteiger partial charge is 0.456 e. The van der Waals surface area contributed by atoms with Crippen LogP contribution in [0.5, 0.6) is 0 Å². The number of ether oxygens (including phenoxy) is 1. The summed E-state index contributed by atoms with van der Waals surface area (Å²) in [6, 6.07) is -0.722. The van der Waals surface area contributed by atoms with Crippen LogP contribution >= 0.6 is 0 Å². The second kappa shape index (κ2) is 7.76. The molecule has 3 N–H and O–H groups in total. The Balaban J connectivity index is 2.39. The van der Waals surface area contributed by atoms with Gasteiger partial charge in [-0.05, 0) is 13.3 Å². The van der Waals surface area contributed by atoms with E-state index in [1.807, 2.05) is 0 Å². The number of rotatable bonds is 7. The molecule has 1 heterocycles. The van der Waals surface area contributed by atoms with Crippen molar-refractivity contribution in [2.45, 2.75) is 58.5 Å². The number of unbranched alkanes of at least 4 members (excludes halogenated alkanes) is 3. The van der Waals surface area contributed by atoms with Crippen molar-refractivity contribution in [3.8, 4) is 0 Å². The Kier molecular flexibility index (Phi) is 6.32. The number of nitrogens with one attached hydrogen (secondary N) is 1. The molecule has 0 aromatic carbocycles. The molecule has 6 heteroatoms. The van der Waals surface area contributed by atoms with Crippen LogP contribution in [0.25, 0.3) is 0 Å². The minimum atomic E-state index is -0.722. The fourth-order valence-corrected chi connectivity index (χ4v) is 2.16. The first-order valence-electron chi connectivity index (χ1n) is 6.84. The lowest BCUT2D eigenvalue weighted by Crippen LogP contribution is -2.28. The Bertz CT molecular complexity index is 355. The van der Waals surface area contributed by atoms with E-state index in [0.717, 1.165) is 19.3 Å². The van der Waals surface area contributed by atoms with E-state index < -0.39 is 6.03 Å². The van der Waals surface area contributed by atoms with Crippen LogP contribution in [-0.2, 0) is 9.53 Å². The zero-order valence-electron chi connectivity index (χ0n) is 11.6. The Morgan fingerprint density at radius 3 is 2.84 bits per heavy atom. The molecule has 2 atom stereocenters. The van der Waals surface area contributed by atoms with Crippen LogP contribution in [0, 0.1) is 5.92 Å². The van der Waals surface area contributed by atoms with E-state index in [9.17, 15) is 9.59 Å². The van der Waals surface area contributed by atoms with Gasteiger partial charge in [-0.25, -0.2) is 10.2 Å². The van der Waals surface area contributed by atoms with Crippen molar-refractivity contribution in [3.63, 3.8) is 0 Å². The van der Waals surface area contributed by atoms with Crippen LogP contribution in [0.3, 0.4) is 0 Å². The van der Waals surface area contributed by atoms with E-state index in [-0.39, 0.29) is 18.0 Å². The molecular formula is C13H23N3O3. The summed E-state index contributed by atoms with van der Waals surface area (Å²) < 4.78 is 5.26. The summed E-state index contributed by atoms with van der Waals surface area (Å²) in [4.78, 5) is 22.2. The number of carbonyl (C=O) groups is 2. The van der Waals surface area contributed by atoms with Gasteiger partial charge in [-0.2, -0.15) is 5.10 Å². The number of nitrogens with zero attached hydrogens (tertiary/aromatic N) is 1. The Hall–Kier alpha value is -1.59. The number of cyclic esters (lactones) is 1. The Morgan fingerprint density at radius 1 is 1.47 bits per heavy atom. The van der Waals surface area contributed by atoms with E-state index in [1.165, 1.54) is 12.8 Å². The second-order valence-corrected chi connectivity index (χ2v) is 4.94. The summed E-state index contributed by atoms with van der Waals surface area (Å²) >= 11 is 0. The van der Waals surface area contributed by atoms with Crippen LogP contribution in [0.4, 0.5) is 4.79 Å². The average Bonchev–Trinajstić information content (AvgIpc) is 2.73. The molecule has 0 saturated carbocycles. The molecular weight excluding hydrogens is 246 g/mol. The molecule has 6 nitrogen and oxygen atoms in total. The molecule has 0 bridgehead atoms. The van der Waals surface area contributed by atoms with Crippen LogP contribution in [0.1, 0.15) is 52.4 Å². The number of nitrogens with two attached hydrogens (primary N) is 1. The van der Waals surface area contributed by atoms with Gasteiger partial charge in [-0.3, -0.25) is 4.79 Å². The van der Waals surface area contributed by atoms with Gasteiger partial charge in [0.05, 0.1) is 11.6 Å². The molecule has 0 aromatic rings. The highest BCUT2D eigenvalue weighted by Crippen LogP contribution is 2.27. The lowest BCUT2D eigenvalue weighted by atomic mass is 9.96. The number of carbonyl (C=O) groups excluding carboxylic acids is 2. The van der Waals surface area contributed by atoms with E-state index in [0.29, 0.717) is 12.1 Å². The fraction of sp³-hybridized carbons (Fsp3) is 0.769. The lowest BCUT2D eigenvalue weighted by Gasteiger charge is -2.07. The maximum absolute atomic E-state index is 11.7. The van der Waals surface area contributed by atoms with Crippen LogP contribution < -0.4 is 11.2 Å². The zero-order chi connectivity index (χ0) is 14.3. The number of hydrogen-bond donors (Lipinski definition) is 2. The molecule has 1 fully saturated rings. The number of amides is 2. The summed E-state index contributed by atoms with van der Waals surface area (Å²) in [5.41, 5.74) is 7.64. The number of primary amides is 1.